The van der Waals surface area contributed by atoms with E-state index < -0.39 is 60.5 Å². The number of hydrogen-bond donors (Lipinski definition) is 1. The van der Waals surface area contributed by atoms with Crippen LogP contribution in [0.25, 0.3) is 0 Å². The molecule has 0 amide bonds. The molecule has 2 aliphatic rings. The van der Waals surface area contributed by atoms with Crippen molar-refractivity contribution in [2.45, 2.75) is 189 Å². The fourth-order valence-electron chi connectivity index (χ4n) is 8.02. The minimum Gasteiger partial charge on any atom is -0.460 e. The number of ether oxygens (including phenoxy) is 7. The minimum atomic E-state index is -0.907. The van der Waals surface area contributed by atoms with Crippen molar-refractivity contribution in [2.24, 2.45) is 29.6 Å². The van der Waals surface area contributed by atoms with E-state index in [-0.39, 0.29) is 42.0 Å². The molecule has 0 aromatic rings. The predicted octanol–water partition coefficient (Wildman–Crippen LogP) is 6.92. The second kappa shape index (κ2) is 20.9. The summed E-state index contributed by atoms with van der Waals surface area (Å²) in [4.78, 5) is 28.3. The second-order valence-electron chi connectivity index (χ2n) is 16.8. The average molecular weight is 742 g/mol. The Kier molecular flexibility index (Phi) is 18.7. The Balaban J connectivity index is 2.62. The molecule has 2 rings (SSSR count). The lowest BCUT2D eigenvalue weighted by Crippen LogP contribution is -2.57. The van der Waals surface area contributed by atoms with Gasteiger partial charge in [0.25, 0.3) is 0 Å². The van der Waals surface area contributed by atoms with Crippen LogP contribution in [0.4, 0.5) is 0 Å². The third-order valence-electron chi connectivity index (χ3n) is 11.3. The highest BCUT2D eigenvalue weighted by atomic mass is 16.7. The molecule has 304 valence electrons. The van der Waals surface area contributed by atoms with Crippen molar-refractivity contribution in [1.29, 1.82) is 0 Å². The van der Waals surface area contributed by atoms with E-state index in [0.717, 1.165) is 12.0 Å². The summed E-state index contributed by atoms with van der Waals surface area (Å²) in [5.74, 6) is -1.75. The second-order valence-corrected chi connectivity index (χ2v) is 16.8. The van der Waals surface area contributed by atoms with Gasteiger partial charge in [-0.25, -0.2) is 0 Å². The fourth-order valence-corrected chi connectivity index (χ4v) is 8.02. The summed E-state index contributed by atoms with van der Waals surface area (Å²) in [6, 6.07) is 0.257. The highest BCUT2D eigenvalue weighted by Gasteiger charge is 2.49. The molecule has 15 atom stereocenters. The monoisotopic (exact) mass is 742 g/mol. The van der Waals surface area contributed by atoms with Crippen molar-refractivity contribution < 1.29 is 47.9 Å². The van der Waals surface area contributed by atoms with Crippen molar-refractivity contribution >= 4 is 11.9 Å². The molecule has 1 unspecified atom stereocenters. The minimum absolute atomic E-state index is 0.0230. The van der Waals surface area contributed by atoms with Crippen molar-refractivity contribution in [3.05, 3.63) is 11.6 Å². The largest absolute Gasteiger partial charge is 0.460 e. The highest BCUT2D eigenvalue weighted by Crippen LogP contribution is 2.40. The average Bonchev–Trinajstić information content (AvgIpc) is 3.04. The Morgan fingerprint density at radius 1 is 0.962 bits per heavy atom. The Bertz CT molecular complexity index is 1120. The topological polar surface area (TPSA) is 122 Å². The highest BCUT2D eigenvalue weighted by molar-refractivity contribution is 5.73. The molecule has 2 aliphatic heterocycles. The van der Waals surface area contributed by atoms with Crippen LogP contribution in [0, 0.1) is 29.6 Å². The first-order valence-electron chi connectivity index (χ1n) is 19.7. The Morgan fingerprint density at radius 2 is 1.58 bits per heavy atom. The molecular weight excluding hydrogens is 666 g/mol. The van der Waals surface area contributed by atoms with Crippen molar-refractivity contribution in [1.82, 2.24) is 4.90 Å². The Labute approximate surface area is 315 Å². The maximum atomic E-state index is 14.2. The summed E-state index contributed by atoms with van der Waals surface area (Å²) in [5.41, 5.74) is 0.105. The van der Waals surface area contributed by atoms with Crippen LogP contribution < -0.4 is 0 Å². The molecule has 11 nitrogen and oxygen atoms in total. The lowest BCUT2D eigenvalue weighted by Gasteiger charge is -2.48. The molecule has 0 aliphatic carbocycles. The van der Waals surface area contributed by atoms with Gasteiger partial charge < -0.3 is 43.2 Å². The van der Waals surface area contributed by atoms with Gasteiger partial charge in [0.1, 0.15) is 12.2 Å². The molecule has 2 saturated heterocycles. The maximum absolute atomic E-state index is 14.2. The van der Waals surface area contributed by atoms with E-state index >= 15 is 0 Å². The third-order valence-corrected chi connectivity index (χ3v) is 11.3. The molecule has 0 radical (unpaired) electrons. The number of methoxy groups -OCH3 is 1. The molecule has 2 heterocycles. The van der Waals surface area contributed by atoms with Crippen LogP contribution >= 0.6 is 0 Å². The Morgan fingerprint density at radius 3 is 2.08 bits per heavy atom. The number of carbonyl (C=O) groups excluding carboxylic acids is 2. The van der Waals surface area contributed by atoms with Crippen LogP contribution in [0.1, 0.15) is 122 Å². The van der Waals surface area contributed by atoms with Crippen LogP contribution in [0.15, 0.2) is 11.6 Å². The summed E-state index contributed by atoms with van der Waals surface area (Å²) in [7, 11) is 5.80. The van der Waals surface area contributed by atoms with Crippen molar-refractivity contribution in [3.8, 4) is 0 Å². The molecule has 0 aromatic heterocycles. The van der Waals surface area contributed by atoms with Gasteiger partial charge in [0, 0.05) is 44.8 Å². The maximum Gasteiger partial charge on any atom is 0.311 e. The number of allylic oxidation sites excluding steroid dienone is 1. The molecule has 1 N–H and O–H groups in total. The number of nitrogens with zero attached hydrogens (tertiary/aromatic N) is 1. The van der Waals surface area contributed by atoms with E-state index in [2.05, 4.69) is 45.8 Å². The van der Waals surface area contributed by atoms with Gasteiger partial charge >= 0.3 is 11.9 Å². The predicted molar refractivity (Wildman–Crippen MR) is 202 cm³/mol. The number of carbonyl (C=O) groups is 2. The van der Waals surface area contributed by atoms with Crippen LogP contribution in [0.5, 0.6) is 0 Å². The first-order chi connectivity index (χ1) is 24.1. The van der Waals surface area contributed by atoms with Crippen LogP contribution in [-0.2, 0) is 42.7 Å². The van der Waals surface area contributed by atoms with Gasteiger partial charge in [-0.15, -0.1) is 0 Å². The lowest BCUT2D eigenvalue weighted by atomic mass is 9.77. The lowest BCUT2D eigenvalue weighted by molar-refractivity contribution is -0.293. The van der Waals surface area contributed by atoms with Crippen LogP contribution in [0.2, 0.25) is 0 Å². The SMILES string of the molecule is CC[C@@H](OC(=O)[C@H](C)[C@@H](O[C@H]1C[C@H](C)[C@@H](OC(C)=O)[C@H](C)O1)[C@H](C)[C@@H](O[C@H]1C[C@@H](N(C)C)C[C@@H](C)O1)[C@@](C)(C[C@@H](C)C(C)O)OC)/C(C)=C/C(C)C. The van der Waals surface area contributed by atoms with E-state index in [1.807, 2.05) is 55.4 Å². The molecule has 0 spiro atoms. The zero-order valence-electron chi connectivity index (χ0n) is 35.3. The molecule has 0 bridgehead atoms. The van der Waals surface area contributed by atoms with Gasteiger partial charge in [-0.1, -0.05) is 47.6 Å². The van der Waals surface area contributed by atoms with E-state index in [4.69, 9.17) is 33.2 Å². The number of aliphatic hydroxyl groups excluding tert-OH is 1. The molecular formula is C41H75NO10. The van der Waals surface area contributed by atoms with Gasteiger partial charge in [-0.05, 0) is 92.3 Å². The van der Waals surface area contributed by atoms with Gasteiger partial charge in [-0.2, -0.15) is 0 Å². The summed E-state index contributed by atoms with van der Waals surface area (Å²) < 4.78 is 44.9. The normalized spacial score (nSPS) is 31.2. The molecule has 11 heteroatoms. The summed E-state index contributed by atoms with van der Waals surface area (Å²) in [5, 5.41) is 10.6. The van der Waals surface area contributed by atoms with E-state index in [1.54, 1.807) is 14.0 Å². The van der Waals surface area contributed by atoms with E-state index in [0.29, 0.717) is 31.6 Å². The first kappa shape index (κ1) is 46.6. The van der Waals surface area contributed by atoms with Gasteiger partial charge in [0.15, 0.2) is 12.6 Å². The number of rotatable bonds is 19. The van der Waals surface area contributed by atoms with Crippen LogP contribution in [-0.4, -0.2) is 110 Å². The van der Waals surface area contributed by atoms with Crippen molar-refractivity contribution in [2.75, 3.05) is 21.2 Å². The number of aliphatic hydroxyl groups is 1. The number of esters is 2. The van der Waals surface area contributed by atoms with Crippen LogP contribution in [0.3, 0.4) is 0 Å². The molecule has 52 heavy (non-hydrogen) atoms. The fraction of sp³-hybridized carbons (Fsp3) is 0.902. The van der Waals surface area contributed by atoms with E-state index in [1.165, 1.54) is 6.92 Å². The van der Waals surface area contributed by atoms with Crippen molar-refractivity contribution in [3.63, 3.8) is 0 Å². The molecule has 0 saturated carbocycles. The third kappa shape index (κ3) is 13.3. The summed E-state index contributed by atoms with van der Waals surface area (Å²) in [6.45, 7) is 25.2. The first-order valence-corrected chi connectivity index (χ1v) is 19.7. The summed E-state index contributed by atoms with van der Waals surface area (Å²) >= 11 is 0. The zero-order valence-corrected chi connectivity index (χ0v) is 35.3. The smallest absolute Gasteiger partial charge is 0.311 e. The number of hydrogen-bond acceptors (Lipinski definition) is 11. The van der Waals surface area contributed by atoms with Gasteiger partial charge in [0.05, 0.1) is 42.0 Å². The standard InChI is InChI=1S/C41H75NO10/c1-17-34(24(4)18-23(2)3)50-40(45)29(9)38(51-35-19-25(5)37(31(11)48-35)49-32(12)44)28(8)39(41(13,46-16)22-26(6)30(10)43)52-36-21-33(42(14)15)20-27(7)47-36/h18,23,25-31,33-39,43H,17,19-22H2,1-16H3/b24-18+/t25-,26+,27+,28-,29+,30?,31-,33-,34+,35-,36-,37+,38-,39+,41+/m0/s1. The van der Waals surface area contributed by atoms with Gasteiger partial charge in [0.2, 0.25) is 0 Å². The van der Waals surface area contributed by atoms with Gasteiger partial charge in [-0.3, -0.25) is 9.59 Å². The molecule has 2 fully saturated rings. The Hall–Kier alpha value is -1.60. The van der Waals surface area contributed by atoms with E-state index in [9.17, 15) is 14.7 Å². The summed E-state index contributed by atoms with van der Waals surface area (Å²) in [6.07, 6.45) is 0.866. The quantitative estimate of drug-likeness (QED) is 0.110. The molecule has 0 aromatic carbocycles. The zero-order chi connectivity index (χ0) is 39.7.